The summed E-state index contributed by atoms with van der Waals surface area (Å²) in [7, 11) is 0. The highest BCUT2D eigenvalue weighted by molar-refractivity contribution is 6.23. The molecule has 24 heavy (non-hydrogen) atoms. The first-order chi connectivity index (χ1) is 11.1. The van der Waals surface area contributed by atoms with Crippen molar-refractivity contribution < 1.29 is 23.6 Å². The summed E-state index contributed by atoms with van der Waals surface area (Å²) in [5, 5.41) is 2.11. The van der Waals surface area contributed by atoms with E-state index in [0.29, 0.717) is 5.56 Å². The molecule has 3 rings (SSSR count). The van der Waals surface area contributed by atoms with E-state index < -0.39 is 40.9 Å². The van der Waals surface area contributed by atoms with Crippen LogP contribution in [0.2, 0.25) is 0 Å². The van der Waals surface area contributed by atoms with Crippen LogP contribution in [0, 0.1) is 5.82 Å². The van der Waals surface area contributed by atoms with E-state index in [1.54, 1.807) is 20.8 Å². The van der Waals surface area contributed by atoms with Crippen LogP contribution in [0.1, 0.15) is 59.9 Å². The van der Waals surface area contributed by atoms with Gasteiger partial charge in [0.2, 0.25) is 11.8 Å². The number of imide groups is 2. The largest absolute Gasteiger partial charge is 0.295 e. The summed E-state index contributed by atoms with van der Waals surface area (Å²) in [6.45, 7) is 5.41. The van der Waals surface area contributed by atoms with Gasteiger partial charge in [-0.3, -0.25) is 29.4 Å². The van der Waals surface area contributed by atoms with Crippen molar-refractivity contribution in [2.75, 3.05) is 0 Å². The van der Waals surface area contributed by atoms with Crippen LogP contribution in [0.25, 0.3) is 0 Å². The first kappa shape index (κ1) is 16.3. The van der Waals surface area contributed by atoms with Crippen LogP contribution < -0.4 is 5.32 Å². The average Bonchev–Trinajstić information content (AvgIpc) is 2.71. The molecule has 0 aliphatic carbocycles. The van der Waals surface area contributed by atoms with E-state index in [9.17, 15) is 23.6 Å². The van der Waals surface area contributed by atoms with Crippen molar-refractivity contribution in [3.63, 3.8) is 0 Å². The molecule has 126 valence electrons. The van der Waals surface area contributed by atoms with E-state index >= 15 is 0 Å². The molecule has 0 saturated carbocycles. The molecule has 1 saturated heterocycles. The van der Waals surface area contributed by atoms with Crippen LogP contribution in [-0.4, -0.2) is 34.6 Å². The van der Waals surface area contributed by atoms with Crippen molar-refractivity contribution in [1.29, 1.82) is 0 Å². The number of carbonyl (C=O) groups excluding carboxylic acids is 4. The number of nitrogens with one attached hydrogen (secondary N) is 1. The Hall–Kier alpha value is -2.57. The summed E-state index contributed by atoms with van der Waals surface area (Å²) in [6, 6.07) is 1.82. The lowest BCUT2D eigenvalue weighted by molar-refractivity contribution is -0.136. The summed E-state index contributed by atoms with van der Waals surface area (Å²) >= 11 is 0. The van der Waals surface area contributed by atoms with Crippen LogP contribution in [0.4, 0.5) is 4.39 Å². The quantitative estimate of drug-likeness (QED) is 0.791. The monoisotopic (exact) mass is 332 g/mol. The van der Waals surface area contributed by atoms with Crippen LogP contribution in [0.3, 0.4) is 0 Å². The van der Waals surface area contributed by atoms with Gasteiger partial charge in [-0.05, 0) is 23.5 Å². The molecule has 1 aromatic carbocycles. The lowest BCUT2D eigenvalue weighted by Crippen LogP contribution is -2.54. The van der Waals surface area contributed by atoms with Gasteiger partial charge in [-0.2, -0.15) is 0 Å². The highest BCUT2D eigenvalue weighted by Gasteiger charge is 2.46. The number of benzene rings is 1. The minimum absolute atomic E-state index is 0.0273. The lowest BCUT2D eigenvalue weighted by Gasteiger charge is -2.27. The zero-order valence-corrected chi connectivity index (χ0v) is 13.6. The third kappa shape index (κ3) is 2.31. The molecular weight excluding hydrogens is 315 g/mol. The van der Waals surface area contributed by atoms with Crippen molar-refractivity contribution in [3.8, 4) is 0 Å². The standard InChI is InChI=1S/C17H17FN2O4/c1-17(2,3)9-5-4-8-12(13(9)18)16(24)20(15(8)23)10-6-7-11(21)19-14(10)22/h4-5,10H,6-7H2,1-3H3,(H,19,21,22). The molecule has 2 aliphatic heterocycles. The molecule has 0 bridgehead atoms. The second kappa shape index (κ2) is 5.22. The summed E-state index contributed by atoms with van der Waals surface area (Å²) in [6.07, 6.45) is 0.0728. The van der Waals surface area contributed by atoms with Crippen LogP contribution in [-0.2, 0) is 15.0 Å². The van der Waals surface area contributed by atoms with E-state index in [1.165, 1.54) is 12.1 Å². The van der Waals surface area contributed by atoms with E-state index in [1.807, 2.05) is 0 Å². The molecule has 0 aromatic heterocycles. The van der Waals surface area contributed by atoms with Gasteiger partial charge in [0.05, 0.1) is 11.1 Å². The molecule has 7 heteroatoms. The van der Waals surface area contributed by atoms with Gasteiger partial charge in [0, 0.05) is 6.42 Å². The molecule has 1 atom stereocenters. The average molecular weight is 332 g/mol. The third-order valence-electron chi connectivity index (χ3n) is 4.35. The Balaban J connectivity index is 2.05. The predicted octanol–water partition coefficient (Wildman–Crippen LogP) is 1.52. The van der Waals surface area contributed by atoms with E-state index in [2.05, 4.69) is 5.32 Å². The number of amides is 4. The van der Waals surface area contributed by atoms with Crippen molar-refractivity contribution in [2.24, 2.45) is 0 Å². The van der Waals surface area contributed by atoms with Crippen LogP contribution in [0.15, 0.2) is 12.1 Å². The minimum atomic E-state index is -1.09. The summed E-state index contributed by atoms with van der Waals surface area (Å²) < 4.78 is 14.8. The van der Waals surface area contributed by atoms with Crippen molar-refractivity contribution >= 4 is 23.6 Å². The van der Waals surface area contributed by atoms with Gasteiger partial charge < -0.3 is 0 Å². The molecule has 2 heterocycles. The van der Waals surface area contributed by atoms with Crippen LogP contribution in [0.5, 0.6) is 0 Å². The number of fused-ring (bicyclic) bond motifs is 1. The zero-order chi connectivity index (χ0) is 17.8. The summed E-state index contributed by atoms with van der Waals surface area (Å²) in [4.78, 5) is 49.1. The summed E-state index contributed by atoms with van der Waals surface area (Å²) in [5.74, 6) is -3.42. The lowest BCUT2D eigenvalue weighted by atomic mass is 9.85. The first-order valence-electron chi connectivity index (χ1n) is 7.67. The van der Waals surface area contributed by atoms with E-state index in [-0.39, 0.29) is 24.0 Å². The molecular formula is C17H17FN2O4. The number of carbonyl (C=O) groups is 4. The normalized spacial score (nSPS) is 21.2. The first-order valence-corrected chi connectivity index (χ1v) is 7.67. The summed E-state index contributed by atoms with van der Waals surface area (Å²) in [5.41, 5.74) is -0.551. The Morgan fingerprint density at radius 3 is 2.38 bits per heavy atom. The molecule has 1 aromatic rings. The Bertz CT molecular complexity index is 795. The Labute approximate surface area is 138 Å². The van der Waals surface area contributed by atoms with Gasteiger partial charge in [0.15, 0.2) is 0 Å². The fourth-order valence-electron chi connectivity index (χ4n) is 3.10. The van der Waals surface area contributed by atoms with Crippen molar-refractivity contribution in [3.05, 3.63) is 34.6 Å². The Morgan fingerprint density at radius 1 is 1.12 bits per heavy atom. The molecule has 0 spiro atoms. The van der Waals surface area contributed by atoms with Gasteiger partial charge in [-0.1, -0.05) is 26.8 Å². The number of nitrogens with zero attached hydrogens (tertiary/aromatic N) is 1. The SMILES string of the molecule is CC(C)(C)c1ccc2c(c1F)C(=O)N(C1CCC(=O)NC1=O)C2=O. The minimum Gasteiger partial charge on any atom is -0.295 e. The molecule has 4 amide bonds. The predicted molar refractivity (Wildman–Crippen MR) is 81.8 cm³/mol. The number of piperidine rings is 1. The number of halogens is 1. The second-order valence-electron chi connectivity index (χ2n) is 7.05. The highest BCUT2D eigenvalue weighted by Crippen LogP contribution is 2.34. The van der Waals surface area contributed by atoms with Gasteiger partial charge >= 0.3 is 0 Å². The number of hydrogen-bond acceptors (Lipinski definition) is 4. The zero-order valence-electron chi connectivity index (χ0n) is 13.6. The number of rotatable bonds is 1. The van der Waals surface area contributed by atoms with Gasteiger partial charge in [-0.15, -0.1) is 0 Å². The highest BCUT2D eigenvalue weighted by atomic mass is 19.1. The maximum absolute atomic E-state index is 14.8. The molecule has 1 unspecified atom stereocenters. The topological polar surface area (TPSA) is 83.6 Å². The maximum atomic E-state index is 14.8. The third-order valence-corrected chi connectivity index (χ3v) is 4.35. The molecule has 2 aliphatic rings. The molecule has 0 radical (unpaired) electrons. The number of hydrogen-bond donors (Lipinski definition) is 1. The Morgan fingerprint density at radius 2 is 1.79 bits per heavy atom. The van der Waals surface area contributed by atoms with Crippen LogP contribution >= 0.6 is 0 Å². The van der Waals surface area contributed by atoms with Crippen molar-refractivity contribution in [2.45, 2.75) is 45.1 Å². The van der Waals surface area contributed by atoms with E-state index in [4.69, 9.17) is 0 Å². The molecule has 1 fully saturated rings. The van der Waals surface area contributed by atoms with E-state index in [0.717, 1.165) is 4.90 Å². The molecule has 1 N–H and O–H groups in total. The second-order valence-corrected chi connectivity index (χ2v) is 7.05. The smallest absolute Gasteiger partial charge is 0.265 e. The van der Waals surface area contributed by atoms with Gasteiger partial charge in [-0.25, -0.2) is 4.39 Å². The Kier molecular flexibility index (Phi) is 3.55. The fourth-order valence-corrected chi connectivity index (χ4v) is 3.10. The van der Waals surface area contributed by atoms with Crippen molar-refractivity contribution in [1.82, 2.24) is 10.2 Å². The fraction of sp³-hybridized carbons (Fsp3) is 0.412. The maximum Gasteiger partial charge on any atom is 0.265 e. The van der Waals surface area contributed by atoms with Gasteiger partial charge in [0.1, 0.15) is 11.9 Å². The van der Waals surface area contributed by atoms with Gasteiger partial charge in [0.25, 0.3) is 11.8 Å². The molecule has 6 nitrogen and oxygen atoms in total.